The Hall–Kier alpha value is -3.68. The van der Waals surface area contributed by atoms with E-state index in [2.05, 4.69) is 10.3 Å². The highest BCUT2D eigenvalue weighted by Crippen LogP contribution is 2.19. The molecule has 0 saturated carbocycles. The van der Waals surface area contributed by atoms with Crippen LogP contribution in [0.25, 0.3) is 0 Å². The van der Waals surface area contributed by atoms with Crippen LogP contribution in [0.4, 0.5) is 15.8 Å². The third-order valence-electron chi connectivity index (χ3n) is 4.68. The van der Waals surface area contributed by atoms with Gasteiger partial charge in [-0.3, -0.25) is 14.6 Å². The largest absolute Gasteiger partial charge is 0.459 e. The molecular formula is C21H19FN4O3. The van der Waals surface area contributed by atoms with E-state index in [4.69, 9.17) is 4.42 Å². The number of anilines is 2. The van der Waals surface area contributed by atoms with Crippen molar-refractivity contribution in [2.45, 2.75) is 0 Å². The molecule has 0 bridgehead atoms. The van der Waals surface area contributed by atoms with Crippen molar-refractivity contribution < 1.29 is 18.4 Å². The molecule has 1 N–H and O–H groups in total. The fraction of sp³-hybridized carbons (Fsp3) is 0.190. The number of carbonyl (C=O) groups excluding carboxylic acids is 2. The minimum Gasteiger partial charge on any atom is -0.459 e. The summed E-state index contributed by atoms with van der Waals surface area (Å²) in [6, 6.07) is 11.0. The third kappa shape index (κ3) is 4.26. The Bertz CT molecular complexity index is 1010. The van der Waals surface area contributed by atoms with E-state index >= 15 is 0 Å². The lowest BCUT2D eigenvalue weighted by Gasteiger charge is -2.34. The number of pyridine rings is 1. The summed E-state index contributed by atoms with van der Waals surface area (Å²) in [7, 11) is 0. The molecule has 0 spiro atoms. The standard InChI is InChI=1S/C21H19FN4O3/c22-16-3-1-4-17(12-16)24-18-11-15(13-23-14-18)20(27)25-6-8-26(9-7-25)21(28)19-5-2-10-29-19/h1-5,10-14,24H,6-9H2. The van der Waals surface area contributed by atoms with Crippen LogP contribution >= 0.6 is 0 Å². The fourth-order valence-electron chi connectivity index (χ4n) is 3.21. The highest BCUT2D eigenvalue weighted by molar-refractivity contribution is 5.95. The van der Waals surface area contributed by atoms with Gasteiger partial charge in [0, 0.05) is 38.1 Å². The first-order valence-corrected chi connectivity index (χ1v) is 9.20. The number of rotatable bonds is 4. The van der Waals surface area contributed by atoms with Gasteiger partial charge in [0.2, 0.25) is 0 Å². The number of hydrogen-bond acceptors (Lipinski definition) is 5. The molecule has 2 aromatic heterocycles. The zero-order valence-electron chi connectivity index (χ0n) is 15.5. The van der Waals surface area contributed by atoms with Crippen LogP contribution in [-0.4, -0.2) is 52.8 Å². The lowest BCUT2D eigenvalue weighted by molar-refractivity contribution is 0.0518. The Morgan fingerprint density at radius 2 is 1.69 bits per heavy atom. The van der Waals surface area contributed by atoms with E-state index in [-0.39, 0.29) is 17.6 Å². The van der Waals surface area contributed by atoms with Gasteiger partial charge in [0.15, 0.2) is 5.76 Å². The molecule has 0 aliphatic carbocycles. The second-order valence-corrected chi connectivity index (χ2v) is 6.66. The molecule has 8 heteroatoms. The van der Waals surface area contributed by atoms with Gasteiger partial charge in [-0.1, -0.05) is 6.07 Å². The van der Waals surface area contributed by atoms with Crippen molar-refractivity contribution in [3.05, 3.63) is 78.3 Å². The summed E-state index contributed by atoms with van der Waals surface area (Å²) in [5.74, 6) is -0.391. The van der Waals surface area contributed by atoms with E-state index < -0.39 is 0 Å². The van der Waals surface area contributed by atoms with Crippen LogP contribution < -0.4 is 5.32 Å². The zero-order valence-corrected chi connectivity index (χ0v) is 15.5. The highest BCUT2D eigenvalue weighted by Gasteiger charge is 2.26. The van der Waals surface area contributed by atoms with Crippen LogP contribution in [0.15, 0.2) is 65.5 Å². The van der Waals surface area contributed by atoms with E-state index in [1.54, 1.807) is 46.3 Å². The highest BCUT2D eigenvalue weighted by atomic mass is 19.1. The second-order valence-electron chi connectivity index (χ2n) is 6.66. The Kier molecular flexibility index (Phi) is 5.24. The van der Waals surface area contributed by atoms with E-state index in [1.165, 1.54) is 24.6 Å². The van der Waals surface area contributed by atoms with Crippen molar-refractivity contribution in [1.29, 1.82) is 0 Å². The number of nitrogens with zero attached hydrogens (tertiary/aromatic N) is 3. The number of piperazine rings is 1. The Balaban J connectivity index is 1.39. The smallest absolute Gasteiger partial charge is 0.289 e. The van der Waals surface area contributed by atoms with Crippen molar-refractivity contribution in [2.75, 3.05) is 31.5 Å². The number of halogens is 1. The first-order chi connectivity index (χ1) is 14.1. The number of hydrogen-bond donors (Lipinski definition) is 1. The van der Waals surface area contributed by atoms with Crippen molar-refractivity contribution in [3.8, 4) is 0 Å². The predicted molar refractivity (Wildman–Crippen MR) is 104 cm³/mol. The van der Waals surface area contributed by atoms with Gasteiger partial charge in [-0.05, 0) is 36.4 Å². The molecule has 1 aromatic carbocycles. The molecule has 0 atom stereocenters. The molecule has 0 radical (unpaired) electrons. The number of nitrogens with one attached hydrogen (secondary N) is 1. The Morgan fingerprint density at radius 3 is 2.38 bits per heavy atom. The quantitative estimate of drug-likeness (QED) is 0.735. The summed E-state index contributed by atoms with van der Waals surface area (Å²) < 4.78 is 18.5. The summed E-state index contributed by atoms with van der Waals surface area (Å²) in [5, 5.41) is 3.04. The zero-order chi connectivity index (χ0) is 20.2. The molecular weight excluding hydrogens is 375 g/mol. The molecule has 3 aromatic rings. The van der Waals surface area contributed by atoms with Crippen LogP contribution in [-0.2, 0) is 0 Å². The van der Waals surface area contributed by atoms with Crippen LogP contribution in [0, 0.1) is 5.82 Å². The molecule has 7 nitrogen and oxygen atoms in total. The van der Waals surface area contributed by atoms with Gasteiger partial charge >= 0.3 is 0 Å². The normalized spacial score (nSPS) is 14.0. The van der Waals surface area contributed by atoms with E-state index in [0.29, 0.717) is 48.9 Å². The predicted octanol–water partition coefficient (Wildman–Crippen LogP) is 3.16. The maximum atomic E-state index is 13.3. The van der Waals surface area contributed by atoms with Crippen LogP contribution in [0.3, 0.4) is 0 Å². The van der Waals surface area contributed by atoms with Gasteiger partial charge in [0.05, 0.1) is 23.7 Å². The molecule has 1 fully saturated rings. The summed E-state index contributed by atoms with van der Waals surface area (Å²) in [6.45, 7) is 1.71. The molecule has 29 heavy (non-hydrogen) atoms. The second kappa shape index (κ2) is 8.14. The van der Waals surface area contributed by atoms with Crippen LogP contribution in [0.1, 0.15) is 20.9 Å². The fourth-order valence-corrected chi connectivity index (χ4v) is 3.21. The van der Waals surface area contributed by atoms with Crippen molar-refractivity contribution in [2.24, 2.45) is 0 Å². The minimum atomic E-state index is -0.350. The molecule has 1 aliphatic rings. The molecule has 0 unspecified atom stereocenters. The average Bonchev–Trinajstić information content (AvgIpc) is 3.28. The number of aromatic nitrogens is 1. The number of benzene rings is 1. The molecule has 2 amide bonds. The lowest BCUT2D eigenvalue weighted by atomic mass is 10.2. The molecule has 1 saturated heterocycles. The summed E-state index contributed by atoms with van der Waals surface area (Å²) in [6.07, 6.45) is 4.53. The van der Waals surface area contributed by atoms with Crippen molar-refractivity contribution >= 4 is 23.2 Å². The lowest BCUT2D eigenvalue weighted by Crippen LogP contribution is -2.50. The van der Waals surface area contributed by atoms with Crippen molar-refractivity contribution in [1.82, 2.24) is 14.8 Å². The number of amides is 2. The molecule has 4 rings (SSSR count). The molecule has 1 aliphatic heterocycles. The Morgan fingerprint density at radius 1 is 0.931 bits per heavy atom. The van der Waals surface area contributed by atoms with Gasteiger partial charge in [-0.25, -0.2) is 4.39 Å². The first-order valence-electron chi connectivity index (χ1n) is 9.20. The minimum absolute atomic E-state index is 0.162. The number of carbonyl (C=O) groups is 2. The van der Waals surface area contributed by atoms with Gasteiger partial charge in [0.1, 0.15) is 5.82 Å². The third-order valence-corrected chi connectivity index (χ3v) is 4.68. The van der Waals surface area contributed by atoms with E-state index in [0.717, 1.165) is 0 Å². The van der Waals surface area contributed by atoms with Gasteiger partial charge in [-0.15, -0.1) is 0 Å². The maximum Gasteiger partial charge on any atom is 0.289 e. The SMILES string of the molecule is O=C(c1cncc(Nc2cccc(F)c2)c1)N1CCN(C(=O)c2ccco2)CC1. The summed E-state index contributed by atoms with van der Waals surface area (Å²) in [4.78, 5) is 32.6. The molecule has 3 heterocycles. The molecule has 148 valence electrons. The average molecular weight is 394 g/mol. The summed E-state index contributed by atoms with van der Waals surface area (Å²) >= 11 is 0. The van der Waals surface area contributed by atoms with Gasteiger partial charge in [0.25, 0.3) is 11.8 Å². The monoisotopic (exact) mass is 394 g/mol. The first kappa shape index (κ1) is 18.7. The van der Waals surface area contributed by atoms with Gasteiger partial charge in [-0.2, -0.15) is 0 Å². The maximum absolute atomic E-state index is 13.3. The summed E-state index contributed by atoms with van der Waals surface area (Å²) in [5.41, 5.74) is 1.59. The van der Waals surface area contributed by atoms with Crippen LogP contribution in [0.5, 0.6) is 0 Å². The topological polar surface area (TPSA) is 78.7 Å². The van der Waals surface area contributed by atoms with E-state index in [1.807, 2.05) is 0 Å². The number of furan rings is 1. The van der Waals surface area contributed by atoms with E-state index in [9.17, 15) is 14.0 Å². The Labute approximate surface area is 166 Å². The van der Waals surface area contributed by atoms with Gasteiger partial charge < -0.3 is 19.5 Å². The van der Waals surface area contributed by atoms with Crippen molar-refractivity contribution in [3.63, 3.8) is 0 Å². The van der Waals surface area contributed by atoms with Crippen LogP contribution in [0.2, 0.25) is 0 Å².